The Morgan fingerprint density at radius 1 is 0.895 bits per heavy atom. The van der Waals surface area contributed by atoms with Gasteiger partial charge in [-0.3, -0.25) is 4.79 Å². The molecule has 1 aromatic carbocycles. The van der Waals surface area contributed by atoms with Crippen molar-refractivity contribution < 1.29 is 14.3 Å². The first-order valence-electron chi connectivity index (χ1n) is 6.60. The molecule has 0 amide bonds. The maximum Gasteiger partial charge on any atom is 0.307 e. The number of esters is 1. The van der Waals surface area contributed by atoms with E-state index >= 15 is 0 Å². The molecule has 0 heterocycles. The molecule has 0 N–H and O–H groups in total. The van der Waals surface area contributed by atoms with Crippen molar-refractivity contribution in [3.8, 4) is 0 Å². The number of carbonyl (C=O) groups is 1. The van der Waals surface area contributed by atoms with Gasteiger partial charge in [-0.2, -0.15) is 0 Å². The fourth-order valence-corrected chi connectivity index (χ4v) is 2.23. The van der Waals surface area contributed by atoms with E-state index in [9.17, 15) is 4.79 Å². The topological polar surface area (TPSA) is 35.5 Å². The van der Waals surface area contributed by atoms with Crippen molar-refractivity contribution in [1.82, 2.24) is 0 Å². The van der Waals surface area contributed by atoms with Crippen LogP contribution in [0.5, 0.6) is 0 Å². The van der Waals surface area contributed by atoms with Gasteiger partial charge in [0, 0.05) is 0 Å². The zero-order valence-corrected chi connectivity index (χ0v) is 12.8. The summed E-state index contributed by atoms with van der Waals surface area (Å²) in [6, 6.07) is 0. The van der Waals surface area contributed by atoms with E-state index in [0.29, 0.717) is 19.6 Å². The fourth-order valence-electron chi connectivity index (χ4n) is 2.23. The number of hydrogen-bond acceptors (Lipinski definition) is 3. The molecule has 0 aliphatic carbocycles. The van der Waals surface area contributed by atoms with Crippen LogP contribution in [0.3, 0.4) is 0 Å². The van der Waals surface area contributed by atoms with Crippen LogP contribution < -0.4 is 0 Å². The van der Waals surface area contributed by atoms with Gasteiger partial charge in [-0.15, -0.1) is 0 Å². The van der Waals surface area contributed by atoms with Crippen LogP contribution in [0.15, 0.2) is 0 Å². The zero-order valence-electron chi connectivity index (χ0n) is 12.8. The van der Waals surface area contributed by atoms with Gasteiger partial charge in [-0.05, 0) is 68.0 Å². The number of methoxy groups -OCH3 is 1. The number of rotatable bonds is 5. The number of ether oxygens (including phenoxy) is 2. The second-order valence-electron chi connectivity index (χ2n) is 4.98. The van der Waals surface area contributed by atoms with Gasteiger partial charge in [0.25, 0.3) is 0 Å². The molecule has 0 radical (unpaired) electrons. The Bertz CT molecular complexity index is 446. The third-order valence-corrected chi connectivity index (χ3v) is 4.08. The quantitative estimate of drug-likeness (QED) is 0.604. The maximum atomic E-state index is 11.0. The van der Waals surface area contributed by atoms with Crippen molar-refractivity contribution in [2.24, 2.45) is 0 Å². The smallest absolute Gasteiger partial charge is 0.307 e. The van der Waals surface area contributed by atoms with Gasteiger partial charge >= 0.3 is 5.97 Å². The predicted molar refractivity (Wildman–Crippen MR) is 76.4 cm³/mol. The minimum Gasteiger partial charge on any atom is -0.469 e. The molecule has 3 heteroatoms. The summed E-state index contributed by atoms with van der Waals surface area (Å²) in [5.74, 6) is -0.232. The van der Waals surface area contributed by atoms with Crippen LogP contribution in [-0.4, -0.2) is 19.7 Å². The maximum absolute atomic E-state index is 11.0. The first kappa shape index (κ1) is 15.7. The Balaban J connectivity index is 2.77. The highest BCUT2D eigenvalue weighted by atomic mass is 16.5. The van der Waals surface area contributed by atoms with Crippen LogP contribution in [0.25, 0.3) is 0 Å². The third kappa shape index (κ3) is 3.57. The van der Waals surface area contributed by atoms with Gasteiger partial charge in [0.05, 0.1) is 26.7 Å². The first-order valence-corrected chi connectivity index (χ1v) is 6.60. The van der Waals surface area contributed by atoms with Crippen molar-refractivity contribution >= 4 is 5.97 Å². The Morgan fingerprint density at radius 3 is 1.84 bits per heavy atom. The Hall–Kier alpha value is -1.35. The van der Waals surface area contributed by atoms with Crippen LogP contribution >= 0.6 is 0 Å². The summed E-state index contributed by atoms with van der Waals surface area (Å²) in [5, 5.41) is 0. The minimum absolute atomic E-state index is 0.232. The first-order chi connectivity index (χ1) is 8.90. The molecule has 0 bridgehead atoms. The average Bonchev–Trinajstić information content (AvgIpc) is 2.41. The average molecular weight is 264 g/mol. The second-order valence-corrected chi connectivity index (χ2v) is 4.98. The highest BCUT2D eigenvalue weighted by Gasteiger charge is 2.12. The molecule has 19 heavy (non-hydrogen) atoms. The molecule has 0 saturated heterocycles. The third-order valence-electron chi connectivity index (χ3n) is 4.08. The normalized spacial score (nSPS) is 10.6. The lowest BCUT2D eigenvalue weighted by Crippen LogP contribution is -2.08. The Morgan fingerprint density at radius 2 is 1.37 bits per heavy atom. The molecule has 106 valence electrons. The van der Waals surface area contributed by atoms with Crippen LogP contribution in [-0.2, 0) is 20.9 Å². The van der Waals surface area contributed by atoms with E-state index in [4.69, 9.17) is 4.74 Å². The molecule has 0 unspecified atom stereocenters. The lowest BCUT2D eigenvalue weighted by Gasteiger charge is -2.18. The van der Waals surface area contributed by atoms with Crippen molar-refractivity contribution in [2.45, 2.75) is 47.6 Å². The summed E-state index contributed by atoms with van der Waals surface area (Å²) < 4.78 is 10.2. The summed E-state index contributed by atoms with van der Waals surface area (Å²) in [6.45, 7) is 11.7. The van der Waals surface area contributed by atoms with Crippen molar-refractivity contribution in [2.75, 3.05) is 13.7 Å². The summed E-state index contributed by atoms with van der Waals surface area (Å²) in [4.78, 5) is 11.0. The molecule has 0 atom stereocenters. The van der Waals surface area contributed by atoms with Gasteiger partial charge in [-0.1, -0.05) is 0 Å². The lowest BCUT2D eigenvalue weighted by atomic mass is 9.90. The van der Waals surface area contributed by atoms with E-state index in [1.165, 1.54) is 40.5 Å². The van der Waals surface area contributed by atoms with Gasteiger partial charge in [0.1, 0.15) is 0 Å². The molecular weight excluding hydrogens is 240 g/mol. The number of hydrogen-bond donors (Lipinski definition) is 0. The van der Waals surface area contributed by atoms with Crippen LogP contribution in [0.1, 0.15) is 39.8 Å². The van der Waals surface area contributed by atoms with Crippen LogP contribution in [0.2, 0.25) is 0 Å². The second kappa shape index (κ2) is 6.71. The van der Waals surface area contributed by atoms with E-state index in [-0.39, 0.29) is 5.97 Å². The van der Waals surface area contributed by atoms with Gasteiger partial charge in [0.2, 0.25) is 0 Å². The van der Waals surface area contributed by atoms with E-state index in [1.54, 1.807) is 0 Å². The zero-order chi connectivity index (χ0) is 14.6. The molecule has 1 aromatic rings. The Labute approximate surface area is 115 Å². The standard InChI is InChI=1S/C16H24O3/c1-10-11(2)13(4)15(14(5)12(10)3)9-19-8-7-16(17)18-6/h7-9H2,1-6H3. The molecule has 1 rings (SSSR count). The summed E-state index contributed by atoms with van der Waals surface area (Å²) in [6.07, 6.45) is 0.304. The molecule has 3 nitrogen and oxygen atoms in total. The van der Waals surface area contributed by atoms with Crippen LogP contribution in [0, 0.1) is 34.6 Å². The molecule has 0 aliphatic rings. The molecule has 0 aromatic heterocycles. The van der Waals surface area contributed by atoms with Gasteiger partial charge < -0.3 is 9.47 Å². The predicted octanol–water partition coefficient (Wildman–Crippen LogP) is 3.31. The highest BCUT2D eigenvalue weighted by molar-refractivity contribution is 5.69. The molecular formula is C16H24O3. The van der Waals surface area contributed by atoms with E-state index < -0.39 is 0 Å². The number of benzene rings is 1. The summed E-state index contributed by atoms with van der Waals surface area (Å²) >= 11 is 0. The molecule has 0 fully saturated rings. The number of carbonyl (C=O) groups excluding carboxylic acids is 1. The molecule has 0 saturated carbocycles. The van der Waals surface area contributed by atoms with Crippen molar-refractivity contribution in [3.05, 3.63) is 33.4 Å². The Kier molecular flexibility index (Phi) is 5.55. The van der Waals surface area contributed by atoms with Gasteiger partial charge in [0.15, 0.2) is 0 Å². The van der Waals surface area contributed by atoms with Crippen molar-refractivity contribution in [3.63, 3.8) is 0 Å². The highest BCUT2D eigenvalue weighted by Crippen LogP contribution is 2.26. The molecule has 0 spiro atoms. The van der Waals surface area contributed by atoms with E-state index in [2.05, 4.69) is 39.4 Å². The minimum atomic E-state index is -0.232. The summed E-state index contributed by atoms with van der Waals surface area (Å²) in [5.41, 5.74) is 7.83. The monoisotopic (exact) mass is 264 g/mol. The van der Waals surface area contributed by atoms with E-state index in [0.717, 1.165) is 0 Å². The molecule has 0 aliphatic heterocycles. The van der Waals surface area contributed by atoms with Crippen molar-refractivity contribution in [1.29, 1.82) is 0 Å². The lowest BCUT2D eigenvalue weighted by molar-refractivity contribution is -0.141. The van der Waals surface area contributed by atoms with Gasteiger partial charge in [-0.25, -0.2) is 0 Å². The largest absolute Gasteiger partial charge is 0.469 e. The van der Waals surface area contributed by atoms with Crippen LogP contribution in [0.4, 0.5) is 0 Å². The van der Waals surface area contributed by atoms with E-state index in [1.807, 2.05) is 0 Å². The SMILES string of the molecule is COC(=O)CCOCc1c(C)c(C)c(C)c(C)c1C. The fraction of sp³-hybridized carbons (Fsp3) is 0.562. The summed E-state index contributed by atoms with van der Waals surface area (Å²) in [7, 11) is 1.39.